The Morgan fingerprint density at radius 2 is 1.25 bits per heavy atom. The van der Waals surface area contributed by atoms with E-state index in [1.54, 1.807) is 0 Å². The van der Waals surface area contributed by atoms with E-state index in [1.165, 1.54) is 22.3 Å². The van der Waals surface area contributed by atoms with Gasteiger partial charge in [0, 0.05) is 0 Å². The van der Waals surface area contributed by atoms with Crippen molar-refractivity contribution >= 4 is 6.66 Å². The molecule has 2 aromatic carbocycles. The number of rotatable bonds is 3. The number of hydrogen-bond donors (Lipinski definition) is 0. The van der Waals surface area contributed by atoms with Crippen molar-refractivity contribution in [2.45, 2.75) is 45.4 Å². The molecule has 0 aromatic heterocycles. The van der Waals surface area contributed by atoms with E-state index in [-0.39, 0.29) is 49.0 Å². The van der Waals surface area contributed by atoms with Crippen LogP contribution in [0.3, 0.4) is 0 Å². The molecule has 0 aliphatic heterocycles. The van der Waals surface area contributed by atoms with E-state index in [4.69, 9.17) is 0 Å². The summed E-state index contributed by atoms with van der Waals surface area (Å²) in [7, 11) is 0. The molecule has 0 saturated carbocycles. The second-order valence-electron chi connectivity index (χ2n) is 7.40. The van der Waals surface area contributed by atoms with Crippen LogP contribution >= 0.6 is 0 Å². The normalized spacial score (nSPS) is 13.0. The smallest absolute Gasteiger partial charge is 1.00 e. The van der Waals surface area contributed by atoms with E-state index in [1.807, 2.05) is 0 Å². The Morgan fingerprint density at radius 3 is 1.62 bits per heavy atom. The maximum atomic E-state index is 2.86. The van der Waals surface area contributed by atoms with Gasteiger partial charge in [0.2, 0.25) is 0 Å². The van der Waals surface area contributed by atoms with Gasteiger partial charge < -0.3 is 24.8 Å². The molecule has 1 nitrogen and oxygen atoms in total. The van der Waals surface area contributed by atoms with Gasteiger partial charge in [-0.05, 0) is 0 Å². The predicted octanol–water partition coefficient (Wildman–Crippen LogP) is -1.15. The summed E-state index contributed by atoms with van der Waals surface area (Å²) in [6, 6.07) is 18.5. The van der Waals surface area contributed by atoms with Gasteiger partial charge in [-0.2, -0.15) is 0 Å². The number of fused-ring (bicyclic) bond motifs is 3. The fourth-order valence-corrected chi connectivity index (χ4v) is 9.99. The first-order chi connectivity index (χ1) is 10.4. The van der Waals surface area contributed by atoms with E-state index < -0.39 is 6.66 Å². The molecule has 1 aliphatic rings. The zero-order valence-corrected chi connectivity index (χ0v) is 19.2. The molecule has 2 aromatic rings. The minimum absolute atomic E-state index is 0. The second kappa shape index (κ2) is 8.53. The van der Waals surface area contributed by atoms with Gasteiger partial charge in [-0.1, -0.05) is 0 Å². The van der Waals surface area contributed by atoms with E-state index in [0.29, 0.717) is 6.04 Å². The van der Waals surface area contributed by atoms with Crippen molar-refractivity contribution in [1.82, 2.24) is 3.38 Å². The topological polar surface area (TPSA) is 3.24 Å². The first-order valence-corrected chi connectivity index (χ1v) is 14.4. The van der Waals surface area contributed by atoms with Crippen molar-refractivity contribution in [3.05, 3.63) is 59.7 Å². The fourth-order valence-electron chi connectivity index (χ4n) is 3.34. The van der Waals surface area contributed by atoms with Crippen molar-refractivity contribution in [1.29, 1.82) is 0 Å². The largest absolute Gasteiger partial charge is 1.00 e. The summed E-state index contributed by atoms with van der Waals surface area (Å²) in [5, 5.41) is 0. The van der Waals surface area contributed by atoms with Gasteiger partial charge in [0.25, 0.3) is 0 Å². The molecule has 0 N–H and O–H groups in total. The minimum Gasteiger partial charge on any atom is -1.00 e. The van der Waals surface area contributed by atoms with Crippen LogP contribution in [0.4, 0.5) is 0 Å². The maximum absolute atomic E-state index is 2.86. The van der Waals surface area contributed by atoms with Crippen molar-refractivity contribution in [2.75, 3.05) is 0 Å². The molecule has 0 heterocycles. The SMILES string of the molecule is C[SiH](C)[Ti+2][N](C1c2ccccc2-c2ccccc21)C(C)(C)C.[Cl-].[Cl-]. The monoisotopic (exact) mass is 413 g/mol. The molecule has 1 aliphatic carbocycles. The van der Waals surface area contributed by atoms with Gasteiger partial charge in [0.1, 0.15) is 0 Å². The molecule has 0 unspecified atom stereocenters. The Balaban J connectivity index is 0.00000144. The third-order valence-electron chi connectivity index (χ3n) is 4.18. The van der Waals surface area contributed by atoms with E-state index in [9.17, 15) is 0 Å². The van der Waals surface area contributed by atoms with Crippen LogP contribution in [-0.4, -0.2) is 15.6 Å². The summed E-state index contributed by atoms with van der Waals surface area (Å²) in [6.07, 6.45) is 0. The zero-order valence-electron chi connectivity index (χ0n) is 15.0. The molecular weight excluding hydrogens is 389 g/mol. The van der Waals surface area contributed by atoms with Gasteiger partial charge in [-0.25, -0.2) is 0 Å². The van der Waals surface area contributed by atoms with Crippen LogP contribution in [0.25, 0.3) is 11.1 Å². The number of halogens is 2. The molecule has 0 fully saturated rings. The summed E-state index contributed by atoms with van der Waals surface area (Å²) in [6.45, 7) is 11.6. The Morgan fingerprint density at radius 1 is 0.833 bits per heavy atom. The van der Waals surface area contributed by atoms with Crippen LogP contribution in [0.2, 0.25) is 13.1 Å². The van der Waals surface area contributed by atoms with Crippen molar-refractivity contribution in [3.8, 4) is 11.1 Å². The molecule has 5 heteroatoms. The molecule has 0 bridgehead atoms. The van der Waals surface area contributed by atoms with Crippen LogP contribution in [0.15, 0.2) is 48.5 Å². The summed E-state index contributed by atoms with van der Waals surface area (Å²) in [4.78, 5) is 0. The number of nitrogens with zero attached hydrogens (tertiary/aromatic N) is 1. The summed E-state index contributed by atoms with van der Waals surface area (Å²) >= 11 is -0.0376. The van der Waals surface area contributed by atoms with Gasteiger partial charge in [0.15, 0.2) is 0 Å². The average molecular weight is 414 g/mol. The van der Waals surface area contributed by atoms with Gasteiger partial charge in [-0.3, -0.25) is 0 Å². The third-order valence-corrected chi connectivity index (χ3v) is 10.1. The van der Waals surface area contributed by atoms with Gasteiger partial charge in [0.05, 0.1) is 0 Å². The summed E-state index contributed by atoms with van der Waals surface area (Å²) in [5.74, 6) is 0. The van der Waals surface area contributed by atoms with Gasteiger partial charge in [-0.15, -0.1) is 0 Å². The van der Waals surface area contributed by atoms with Crippen LogP contribution < -0.4 is 24.8 Å². The van der Waals surface area contributed by atoms with Crippen molar-refractivity contribution in [2.24, 2.45) is 0 Å². The molecule has 0 spiro atoms. The first-order valence-electron chi connectivity index (χ1n) is 8.13. The Hall–Kier alpha value is -0.0888. The average Bonchev–Trinajstić information content (AvgIpc) is 2.78. The second-order valence-corrected chi connectivity index (χ2v) is 17.3. The zero-order chi connectivity index (χ0) is 15.9. The van der Waals surface area contributed by atoms with Crippen LogP contribution in [0.1, 0.15) is 37.9 Å². The molecule has 3 rings (SSSR count). The molecule has 0 atom stereocenters. The number of benzene rings is 2. The standard InChI is InChI=1S/C17H18N.C2H7Si.2ClH.Ti/c1-17(2,3)18-16-14-10-6-4-8-12(14)13-9-5-7-11-15(13)16;1-3-2;;;/h4-11,16H,1-3H3;3H,1-2H3;2*1H;/q-1;;;;+3/p-2. The molecule has 0 amide bonds. The van der Waals surface area contributed by atoms with Crippen LogP contribution in [0.5, 0.6) is 0 Å². The van der Waals surface area contributed by atoms with Gasteiger partial charge >= 0.3 is 145 Å². The third kappa shape index (κ3) is 4.17. The molecule has 0 saturated heterocycles. The van der Waals surface area contributed by atoms with Crippen LogP contribution in [-0.2, 0) is 18.7 Å². The Kier molecular flexibility index (Phi) is 7.80. The van der Waals surface area contributed by atoms with E-state index in [2.05, 4.69) is 85.8 Å². The number of hydrogen-bond acceptors (Lipinski definition) is 1. The van der Waals surface area contributed by atoms with Crippen molar-refractivity contribution in [3.63, 3.8) is 0 Å². The summed E-state index contributed by atoms with van der Waals surface area (Å²) in [5.41, 5.74) is 6.13. The maximum Gasteiger partial charge on any atom is -1.00 e. The molecular formula is C19H25Cl2NSiTi. The Labute approximate surface area is 169 Å². The predicted molar refractivity (Wildman–Crippen MR) is 94.2 cm³/mol. The summed E-state index contributed by atoms with van der Waals surface area (Å²) < 4.78 is 2.86. The Bertz CT molecular complexity index is 640. The fraction of sp³-hybridized carbons (Fsp3) is 0.368. The van der Waals surface area contributed by atoms with E-state index >= 15 is 0 Å². The van der Waals surface area contributed by atoms with Crippen LogP contribution in [0, 0.1) is 0 Å². The molecule has 24 heavy (non-hydrogen) atoms. The minimum atomic E-state index is -0.562. The first kappa shape index (κ1) is 22.0. The van der Waals surface area contributed by atoms with E-state index in [0.717, 1.165) is 0 Å². The quantitative estimate of drug-likeness (QED) is 0.574. The van der Waals surface area contributed by atoms with Crippen molar-refractivity contribution < 1.29 is 43.5 Å². The molecule has 128 valence electrons. The molecule has 0 radical (unpaired) electrons.